The maximum Gasteiger partial charge on any atom is 0.242 e. The van der Waals surface area contributed by atoms with E-state index in [1.165, 1.54) is 7.11 Å². The first-order chi connectivity index (χ1) is 24.0. The Morgan fingerprint density at radius 3 is 2.51 bits per heavy atom. The summed E-state index contributed by atoms with van der Waals surface area (Å²) in [5.41, 5.74) is 5.45. The fourth-order valence-electron chi connectivity index (χ4n) is 8.67. The van der Waals surface area contributed by atoms with Gasteiger partial charge >= 0.3 is 0 Å². The molecule has 1 radical (unpaired) electrons. The van der Waals surface area contributed by atoms with E-state index < -0.39 is 18.1 Å². The number of amides is 2. The molecular formula is C38H43AcN5O7. The zero-order chi connectivity index (χ0) is 35.4. The van der Waals surface area contributed by atoms with Gasteiger partial charge in [0.2, 0.25) is 18.6 Å². The van der Waals surface area contributed by atoms with Crippen LogP contribution in [0.2, 0.25) is 0 Å². The van der Waals surface area contributed by atoms with Gasteiger partial charge in [0.25, 0.3) is 0 Å². The molecule has 4 aliphatic rings. The summed E-state index contributed by atoms with van der Waals surface area (Å²) in [6.45, 7) is 5.38. The summed E-state index contributed by atoms with van der Waals surface area (Å²) < 4.78 is 17.5. The SMILES string of the molecule is COc1c(C)cc2c(c1O)[C@@H]1C3Cc4c(O)c(C)c5c(c4[C@H](CNC(=O)[C@H](C)NC(=O)CCc4ccccc4)N3[C@@H](C#N)[C@H](C2)N1C)OCO5.[Ac]. The number of ether oxygens (including phenoxy) is 3. The van der Waals surface area contributed by atoms with Gasteiger partial charge in [0.1, 0.15) is 17.8 Å². The summed E-state index contributed by atoms with van der Waals surface area (Å²) in [5.74, 6) is 0.900. The third kappa shape index (κ3) is 6.33. The number of hydrogen-bond acceptors (Lipinski definition) is 10. The van der Waals surface area contributed by atoms with Crippen molar-refractivity contribution in [1.82, 2.24) is 20.4 Å². The number of nitrogens with one attached hydrogen (secondary N) is 2. The van der Waals surface area contributed by atoms with Crippen LogP contribution in [-0.4, -0.2) is 83.5 Å². The van der Waals surface area contributed by atoms with Crippen LogP contribution in [0.4, 0.5) is 0 Å². The molecule has 265 valence electrons. The van der Waals surface area contributed by atoms with E-state index >= 15 is 0 Å². The molecule has 13 heteroatoms. The van der Waals surface area contributed by atoms with Gasteiger partial charge in [0.15, 0.2) is 23.0 Å². The molecule has 3 aromatic rings. The van der Waals surface area contributed by atoms with Gasteiger partial charge in [-0.05, 0) is 63.8 Å². The van der Waals surface area contributed by atoms with Gasteiger partial charge in [0.05, 0.1) is 25.3 Å². The van der Waals surface area contributed by atoms with E-state index in [4.69, 9.17) is 14.2 Å². The number of phenolic OH excluding ortho intramolecular Hbond substituents is 2. The summed E-state index contributed by atoms with van der Waals surface area (Å²) in [5, 5.41) is 40.0. The number of likely N-dealkylation sites (N-methyl/N-ethyl adjacent to an activating group) is 1. The molecule has 4 aliphatic heterocycles. The van der Waals surface area contributed by atoms with E-state index in [1.54, 1.807) is 13.8 Å². The largest absolute Gasteiger partial charge is 0.507 e. The van der Waals surface area contributed by atoms with Crippen molar-refractivity contribution >= 4 is 11.8 Å². The Kier molecular flexibility index (Phi) is 10.8. The number of benzene rings is 3. The van der Waals surface area contributed by atoms with Crippen LogP contribution in [0.15, 0.2) is 36.4 Å². The minimum Gasteiger partial charge on any atom is -0.507 e. The fraction of sp³-hybridized carbons (Fsp3) is 0.447. The van der Waals surface area contributed by atoms with Crippen LogP contribution in [0.3, 0.4) is 0 Å². The molecule has 51 heavy (non-hydrogen) atoms. The van der Waals surface area contributed by atoms with E-state index in [0.717, 1.165) is 22.3 Å². The normalized spacial score (nSPS) is 23.4. The molecule has 4 heterocycles. The van der Waals surface area contributed by atoms with Crippen LogP contribution in [0.25, 0.3) is 0 Å². The van der Waals surface area contributed by atoms with Crippen molar-refractivity contribution in [1.29, 1.82) is 5.26 Å². The van der Waals surface area contributed by atoms with Crippen LogP contribution in [0.5, 0.6) is 28.7 Å². The number of hydrogen-bond donors (Lipinski definition) is 4. The zero-order valence-corrected chi connectivity index (χ0v) is 34.3. The van der Waals surface area contributed by atoms with Gasteiger partial charge in [-0.15, -0.1) is 0 Å². The number of piperazine rings is 1. The molecule has 3 aromatic carbocycles. The van der Waals surface area contributed by atoms with Crippen molar-refractivity contribution in [3.63, 3.8) is 0 Å². The number of rotatable bonds is 8. The number of nitrogens with zero attached hydrogens (tertiary/aromatic N) is 3. The molecule has 2 bridgehead atoms. The van der Waals surface area contributed by atoms with E-state index in [0.29, 0.717) is 53.2 Å². The number of carbonyl (C=O) groups is 2. The molecule has 1 fully saturated rings. The Labute approximate surface area is 333 Å². The first kappa shape index (κ1) is 37.2. The van der Waals surface area contributed by atoms with Gasteiger partial charge in [0, 0.05) is 91.4 Å². The van der Waals surface area contributed by atoms with Gasteiger partial charge in [-0.25, -0.2) is 0 Å². The van der Waals surface area contributed by atoms with Gasteiger partial charge in [-0.1, -0.05) is 36.4 Å². The van der Waals surface area contributed by atoms with Crippen LogP contribution < -0.4 is 24.8 Å². The average molecular weight is 909 g/mol. The Morgan fingerprint density at radius 2 is 1.80 bits per heavy atom. The number of phenols is 2. The number of nitriles is 1. The zero-order valence-electron chi connectivity index (χ0n) is 29.5. The second-order valence-corrected chi connectivity index (χ2v) is 13.8. The molecule has 1 unspecified atom stereocenters. The second-order valence-electron chi connectivity index (χ2n) is 13.8. The van der Waals surface area contributed by atoms with Crippen molar-refractivity contribution in [2.75, 3.05) is 27.5 Å². The van der Waals surface area contributed by atoms with Crippen LogP contribution in [-0.2, 0) is 28.9 Å². The topological polar surface area (TPSA) is 157 Å². The molecule has 6 atom stereocenters. The van der Waals surface area contributed by atoms with Crippen molar-refractivity contribution in [2.24, 2.45) is 0 Å². The van der Waals surface area contributed by atoms with Crippen molar-refractivity contribution in [2.45, 2.75) is 82.7 Å². The first-order valence-corrected chi connectivity index (χ1v) is 17.1. The van der Waals surface area contributed by atoms with E-state index in [-0.39, 0.29) is 105 Å². The maximum atomic E-state index is 13.6. The number of methoxy groups -OCH3 is 1. The predicted molar refractivity (Wildman–Crippen MR) is 183 cm³/mol. The number of aromatic hydroxyl groups is 2. The minimum atomic E-state index is -0.813. The predicted octanol–water partition coefficient (Wildman–Crippen LogP) is 3.48. The van der Waals surface area contributed by atoms with Crippen molar-refractivity contribution < 1.29 is 78.1 Å². The van der Waals surface area contributed by atoms with Gasteiger partial charge in [-0.3, -0.25) is 19.4 Å². The summed E-state index contributed by atoms with van der Waals surface area (Å²) in [6, 6.07) is 11.3. The molecule has 7 rings (SSSR count). The third-order valence-corrected chi connectivity index (χ3v) is 11.0. The molecular weight excluding hydrogens is 865 g/mol. The molecule has 12 nitrogen and oxygen atoms in total. The summed E-state index contributed by atoms with van der Waals surface area (Å²) in [7, 11) is 3.51. The summed E-state index contributed by atoms with van der Waals surface area (Å²) in [4.78, 5) is 30.6. The van der Waals surface area contributed by atoms with E-state index in [1.807, 2.05) is 50.4 Å². The molecule has 0 aliphatic carbocycles. The number of fused-ring (bicyclic) bond motifs is 9. The van der Waals surface area contributed by atoms with Crippen LogP contribution in [0.1, 0.15) is 64.4 Å². The summed E-state index contributed by atoms with van der Waals surface area (Å²) >= 11 is 0. The first-order valence-electron chi connectivity index (χ1n) is 17.1. The Balaban J connectivity index is 0.00000448. The summed E-state index contributed by atoms with van der Waals surface area (Å²) in [6.07, 6.45) is 1.68. The van der Waals surface area contributed by atoms with Crippen LogP contribution >= 0.6 is 0 Å². The number of aryl methyl sites for hydroxylation is 2. The average Bonchev–Trinajstić information content (AvgIpc) is 3.59. The Bertz CT molecular complexity index is 1900. The fourth-order valence-corrected chi connectivity index (χ4v) is 8.67. The van der Waals surface area contributed by atoms with E-state index in [2.05, 4.69) is 26.5 Å². The molecule has 4 N–H and O–H groups in total. The van der Waals surface area contributed by atoms with Crippen molar-refractivity contribution in [3.05, 3.63) is 75.3 Å². The Hall–Kier alpha value is -3.55. The minimum absolute atomic E-state index is 0. The molecule has 1 saturated heterocycles. The smallest absolute Gasteiger partial charge is 0.242 e. The molecule has 0 saturated carbocycles. The van der Waals surface area contributed by atoms with Crippen LogP contribution in [0, 0.1) is 69.2 Å². The molecule has 0 spiro atoms. The molecule has 0 aromatic heterocycles. The number of carbonyl (C=O) groups excluding carboxylic acids is 2. The second kappa shape index (κ2) is 14.8. The molecule has 2 amide bonds. The van der Waals surface area contributed by atoms with Crippen molar-refractivity contribution in [3.8, 4) is 34.8 Å². The maximum absolute atomic E-state index is 13.6. The monoisotopic (exact) mass is 908 g/mol. The quantitative estimate of drug-likeness (QED) is 0.264. The Morgan fingerprint density at radius 1 is 1.08 bits per heavy atom. The third-order valence-electron chi connectivity index (χ3n) is 11.0. The van der Waals surface area contributed by atoms with Gasteiger partial charge < -0.3 is 35.1 Å². The standard InChI is InChI=1S/C38H43N5O7.Ac/c1-19-13-23-14-25-27(16-39)43-26(32(42(25)4)30(23)34(46)35(19)48-5)15-24-31(37-36(49-18-50-37)20(2)33(24)45)28(43)17-40-38(47)21(3)41-29(44)12-11-22-9-7-6-8-10-22;/h6-10,13,21,25-28,32,45-46H,11-12,14-15,17-18H2,1-5H3,(H,40,47)(H,41,44);/t21-,25-,26?,27-,28-,32-;/m0./s1. The van der Waals surface area contributed by atoms with E-state index in [9.17, 15) is 25.1 Å². The van der Waals surface area contributed by atoms with Gasteiger partial charge in [-0.2, -0.15) is 5.26 Å².